The molecule has 0 bridgehead atoms. The fourth-order valence-electron chi connectivity index (χ4n) is 1.10. The maximum atomic E-state index is 11.0. The van der Waals surface area contributed by atoms with Crippen molar-refractivity contribution in [2.24, 2.45) is 0 Å². The third kappa shape index (κ3) is 1.80. The molecule has 0 saturated heterocycles. The Bertz CT molecular complexity index is 509. The van der Waals surface area contributed by atoms with Crippen molar-refractivity contribution in [3.63, 3.8) is 0 Å². The highest BCUT2D eigenvalue weighted by atomic mass is 35.5. The summed E-state index contributed by atoms with van der Waals surface area (Å²) in [6.07, 6.45) is 3.11. The molecule has 0 aliphatic rings. The van der Waals surface area contributed by atoms with Gasteiger partial charge in [-0.2, -0.15) is 0 Å². The first-order chi connectivity index (χ1) is 6.75. The zero-order valence-corrected chi connectivity index (χ0v) is 7.82. The smallest absolute Gasteiger partial charge is 0.248 e. The van der Waals surface area contributed by atoms with Gasteiger partial charge in [0.2, 0.25) is 10.8 Å². The fraction of sp³-hybridized carbons (Fsp3) is 0. The monoisotopic (exact) mass is 207 g/mol. The lowest BCUT2D eigenvalue weighted by molar-refractivity contribution is 1.16. The van der Waals surface area contributed by atoms with Crippen molar-refractivity contribution >= 4 is 11.6 Å². The number of H-pyrrole nitrogens is 1. The SMILES string of the molecule is O=c1cc(-c2ccnc(Cl)n2)cc[nH]1. The second kappa shape index (κ2) is 3.59. The molecular weight excluding hydrogens is 202 g/mol. The number of rotatable bonds is 1. The van der Waals surface area contributed by atoms with E-state index in [2.05, 4.69) is 15.0 Å². The van der Waals surface area contributed by atoms with Gasteiger partial charge in [-0.15, -0.1) is 0 Å². The molecule has 2 aromatic rings. The Morgan fingerprint density at radius 1 is 1.36 bits per heavy atom. The van der Waals surface area contributed by atoms with Crippen molar-refractivity contribution in [1.82, 2.24) is 15.0 Å². The first-order valence-electron chi connectivity index (χ1n) is 3.93. The van der Waals surface area contributed by atoms with E-state index < -0.39 is 0 Å². The molecule has 14 heavy (non-hydrogen) atoms. The normalized spacial score (nSPS) is 10.1. The number of pyridine rings is 1. The van der Waals surface area contributed by atoms with Crippen molar-refractivity contribution in [3.05, 3.63) is 46.2 Å². The molecule has 5 heteroatoms. The molecule has 0 amide bonds. The van der Waals surface area contributed by atoms with Crippen LogP contribution in [0.5, 0.6) is 0 Å². The van der Waals surface area contributed by atoms with Gasteiger partial charge in [0.15, 0.2) is 0 Å². The molecule has 70 valence electrons. The number of aromatic amines is 1. The largest absolute Gasteiger partial charge is 0.329 e. The Morgan fingerprint density at radius 2 is 2.21 bits per heavy atom. The van der Waals surface area contributed by atoms with Gasteiger partial charge in [-0.25, -0.2) is 9.97 Å². The highest BCUT2D eigenvalue weighted by Crippen LogP contribution is 2.14. The molecular formula is C9H6ClN3O. The minimum absolute atomic E-state index is 0.169. The number of halogens is 1. The van der Waals surface area contributed by atoms with Gasteiger partial charge >= 0.3 is 0 Å². The molecule has 0 aromatic carbocycles. The highest BCUT2D eigenvalue weighted by Gasteiger charge is 2.00. The number of hydrogen-bond donors (Lipinski definition) is 1. The summed E-state index contributed by atoms with van der Waals surface area (Å²) >= 11 is 5.63. The van der Waals surface area contributed by atoms with E-state index in [4.69, 9.17) is 11.6 Å². The molecule has 4 nitrogen and oxygen atoms in total. The molecule has 2 heterocycles. The van der Waals surface area contributed by atoms with E-state index in [1.54, 1.807) is 24.5 Å². The molecule has 0 radical (unpaired) electrons. The van der Waals surface area contributed by atoms with Gasteiger partial charge in [-0.05, 0) is 23.7 Å². The van der Waals surface area contributed by atoms with Crippen LogP contribution in [0.4, 0.5) is 0 Å². The average Bonchev–Trinajstić information content (AvgIpc) is 2.18. The van der Waals surface area contributed by atoms with E-state index in [1.165, 1.54) is 6.07 Å². The molecule has 0 saturated carbocycles. The number of aromatic nitrogens is 3. The maximum absolute atomic E-state index is 11.0. The molecule has 0 aliphatic carbocycles. The first kappa shape index (κ1) is 8.90. The Labute approximate surface area is 84.6 Å². The van der Waals surface area contributed by atoms with Crippen molar-refractivity contribution in [1.29, 1.82) is 0 Å². The molecule has 0 spiro atoms. The fourth-order valence-corrected chi connectivity index (χ4v) is 1.25. The van der Waals surface area contributed by atoms with Crippen LogP contribution in [0, 0.1) is 0 Å². The molecule has 0 unspecified atom stereocenters. The molecule has 0 fully saturated rings. The average molecular weight is 208 g/mol. The number of nitrogens with one attached hydrogen (secondary N) is 1. The second-order valence-corrected chi connectivity index (χ2v) is 2.99. The predicted octanol–water partition coefficient (Wildman–Crippen LogP) is 1.49. The van der Waals surface area contributed by atoms with Crippen LogP contribution >= 0.6 is 11.6 Å². The molecule has 2 rings (SSSR count). The van der Waals surface area contributed by atoms with E-state index >= 15 is 0 Å². The minimum Gasteiger partial charge on any atom is -0.329 e. The summed E-state index contributed by atoms with van der Waals surface area (Å²) in [5.41, 5.74) is 1.19. The third-order valence-electron chi connectivity index (χ3n) is 1.70. The predicted molar refractivity (Wildman–Crippen MR) is 53.1 cm³/mol. The van der Waals surface area contributed by atoms with Gasteiger partial charge in [0.1, 0.15) is 0 Å². The molecule has 2 aromatic heterocycles. The third-order valence-corrected chi connectivity index (χ3v) is 1.88. The van der Waals surface area contributed by atoms with Gasteiger partial charge < -0.3 is 4.98 Å². The summed E-state index contributed by atoms with van der Waals surface area (Å²) in [5, 5.41) is 0.169. The van der Waals surface area contributed by atoms with Crippen LogP contribution in [0.3, 0.4) is 0 Å². The molecule has 0 aliphatic heterocycles. The topological polar surface area (TPSA) is 58.6 Å². The van der Waals surface area contributed by atoms with Crippen LogP contribution in [0.2, 0.25) is 5.28 Å². The summed E-state index contributed by atoms with van der Waals surface area (Å²) in [4.78, 5) is 21.3. The summed E-state index contributed by atoms with van der Waals surface area (Å²) < 4.78 is 0. The first-order valence-corrected chi connectivity index (χ1v) is 4.31. The highest BCUT2D eigenvalue weighted by molar-refractivity contribution is 6.28. The van der Waals surface area contributed by atoms with Crippen LogP contribution in [0.25, 0.3) is 11.3 Å². The number of hydrogen-bond acceptors (Lipinski definition) is 3. The summed E-state index contributed by atoms with van der Waals surface area (Å²) in [5.74, 6) is 0. The van der Waals surface area contributed by atoms with E-state index in [0.29, 0.717) is 5.69 Å². The Balaban J connectivity index is 2.55. The van der Waals surface area contributed by atoms with Crippen LogP contribution in [0.1, 0.15) is 0 Å². The lowest BCUT2D eigenvalue weighted by Crippen LogP contribution is -2.02. The maximum Gasteiger partial charge on any atom is 0.248 e. The van der Waals surface area contributed by atoms with E-state index in [-0.39, 0.29) is 10.8 Å². The Morgan fingerprint density at radius 3 is 2.93 bits per heavy atom. The Hall–Kier alpha value is -1.68. The summed E-state index contributed by atoms with van der Waals surface area (Å²) in [7, 11) is 0. The molecule has 0 atom stereocenters. The lowest BCUT2D eigenvalue weighted by atomic mass is 10.2. The quantitative estimate of drug-likeness (QED) is 0.721. The summed E-state index contributed by atoms with van der Waals surface area (Å²) in [6.45, 7) is 0. The van der Waals surface area contributed by atoms with Crippen molar-refractivity contribution in [3.8, 4) is 11.3 Å². The van der Waals surface area contributed by atoms with Crippen molar-refractivity contribution < 1.29 is 0 Å². The van der Waals surface area contributed by atoms with Crippen molar-refractivity contribution in [2.75, 3.05) is 0 Å². The van der Waals surface area contributed by atoms with E-state index in [1.807, 2.05) is 0 Å². The van der Waals surface area contributed by atoms with Crippen LogP contribution in [-0.4, -0.2) is 15.0 Å². The van der Waals surface area contributed by atoms with Crippen LogP contribution in [-0.2, 0) is 0 Å². The van der Waals surface area contributed by atoms with Crippen LogP contribution in [0.15, 0.2) is 35.4 Å². The van der Waals surface area contributed by atoms with E-state index in [9.17, 15) is 4.79 Å². The Kier molecular flexibility index (Phi) is 2.28. The zero-order valence-electron chi connectivity index (χ0n) is 7.07. The standard InChI is InChI=1S/C9H6ClN3O/c10-9-12-4-2-7(13-9)6-1-3-11-8(14)5-6/h1-5H,(H,11,14). The van der Waals surface area contributed by atoms with Crippen molar-refractivity contribution in [2.45, 2.75) is 0 Å². The van der Waals surface area contributed by atoms with E-state index in [0.717, 1.165) is 5.56 Å². The van der Waals surface area contributed by atoms with Gasteiger partial charge in [-0.1, -0.05) is 0 Å². The minimum atomic E-state index is -0.169. The van der Waals surface area contributed by atoms with Gasteiger partial charge in [0, 0.05) is 24.0 Å². The van der Waals surface area contributed by atoms with Gasteiger partial charge in [0.25, 0.3) is 0 Å². The van der Waals surface area contributed by atoms with Gasteiger partial charge in [0.05, 0.1) is 5.69 Å². The summed E-state index contributed by atoms with van der Waals surface area (Å²) in [6, 6.07) is 4.90. The molecule has 1 N–H and O–H groups in total. The number of nitrogens with zero attached hydrogens (tertiary/aromatic N) is 2. The zero-order chi connectivity index (χ0) is 9.97. The lowest BCUT2D eigenvalue weighted by Gasteiger charge is -1.98. The van der Waals surface area contributed by atoms with Crippen LogP contribution < -0.4 is 5.56 Å². The van der Waals surface area contributed by atoms with Gasteiger partial charge in [-0.3, -0.25) is 4.79 Å². The second-order valence-electron chi connectivity index (χ2n) is 2.65.